The SMILES string of the molecule is Cc1nc(Cc2cccnc2)ncc1[C@H](C)O. The predicted molar refractivity (Wildman–Crippen MR) is 64.4 cm³/mol. The standard InChI is InChI=1S/C13H15N3O/c1-9-12(10(2)17)8-15-13(16-9)6-11-4-3-5-14-7-11/h3-5,7-8,10,17H,6H2,1-2H3/t10-/m0/s1. The quantitative estimate of drug-likeness (QED) is 0.872. The minimum atomic E-state index is -0.526. The molecule has 2 aromatic heterocycles. The Balaban J connectivity index is 2.21. The fraction of sp³-hybridized carbons (Fsp3) is 0.308. The summed E-state index contributed by atoms with van der Waals surface area (Å²) in [7, 11) is 0. The summed E-state index contributed by atoms with van der Waals surface area (Å²) < 4.78 is 0. The van der Waals surface area contributed by atoms with Crippen LogP contribution in [-0.4, -0.2) is 20.1 Å². The second-order valence-corrected chi connectivity index (χ2v) is 4.04. The molecule has 0 fully saturated rings. The highest BCUT2D eigenvalue weighted by atomic mass is 16.3. The van der Waals surface area contributed by atoms with Gasteiger partial charge in [0, 0.05) is 36.3 Å². The van der Waals surface area contributed by atoms with Gasteiger partial charge < -0.3 is 5.11 Å². The first-order valence-corrected chi connectivity index (χ1v) is 5.56. The van der Waals surface area contributed by atoms with Crippen molar-refractivity contribution in [2.75, 3.05) is 0 Å². The van der Waals surface area contributed by atoms with Crippen molar-refractivity contribution in [1.29, 1.82) is 0 Å². The molecule has 0 radical (unpaired) electrons. The molecule has 88 valence electrons. The largest absolute Gasteiger partial charge is 0.389 e. The van der Waals surface area contributed by atoms with Crippen LogP contribution in [0.1, 0.15) is 35.7 Å². The highest BCUT2D eigenvalue weighted by Gasteiger charge is 2.08. The summed E-state index contributed by atoms with van der Waals surface area (Å²) in [6.45, 7) is 3.60. The van der Waals surface area contributed by atoms with E-state index < -0.39 is 6.10 Å². The smallest absolute Gasteiger partial charge is 0.132 e. The number of nitrogens with zero attached hydrogens (tertiary/aromatic N) is 3. The van der Waals surface area contributed by atoms with E-state index in [1.165, 1.54) is 0 Å². The highest BCUT2D eigenvalue weighted by Crippen LogP contribution is 2.14. The summed E-state index contributed by atoms with van der Waals surface area (Å²) in [5.74, 6) is 0.750. The maximum Gasteiger partial charge on any atom is 0.132 e. The molecular weight excluding hydrogens is 214 g/mol. The molecule has 0 saturated heterocycles. The van der Waals surface area contributed by atoms with Gasteiger partial charge in [-0.3, -0.25) is 4.98 Å². The zero-order valence-electron chi connectivity index (χ0n) is 9.96. The Morgan fingerprint density at radius 2 is 2.18 bits per heavy atom. The van der Waals surface area contributed by atoms with Gasteiger partial charge in [-0.1, -0.05) is 6.07 Å². The van der Waals surface area contributed by atoms with E-state index in [0.29, 0.717) is 6.42 Å². The molecule has 17 heavy (non-hydrogen) atoms. The fourth-order valence-corrected chi connectivity index (χ4v) is 1.71. The first kappa shape index (κ1) is 11.7. The molecule has 0 spiro atoms. The number of aromatic nitrogens is 3. The summed E-state index contributed by atoms with van der Waals surface area (Å²) >= 11 is 0. The zero-order chi connectivity index (χ0) is 12.3. The zero-order valence-corrected chi connectivity index (χ0v) is 9.96. The lowest BCUT2D eigenvalue weighted by molar-refractivity contribution is 0.197. The number of rotatable bonds is 3. The van der Waals surface area contributed by atoms with Gasteiger partial charge in [0.1, 0.15) is 5.82 Å². The van der Waals surface area contributed by atoms with Crippen molar-refractivity contribution in [3.63, 3.8) is 0 Å². The second kappa shape index (κ2) is 5.01. The molecule has 1 N–H and O–H groups in total. The Kier molecular flexibility index (Phi) is 3.44. The van der Waals surface area contributed by atoms with Crippen LogP contribution in [0.5, 0.6) is 0 Å². The van der Waals surface area contributed by atoms with E-state index in [2.05, 4.69) is 15.0 Å². The minimum Gasteiger partial charge on any atom is -0.389 e. The summed E-state index contributed by atoms with van der Waals surface area (Å²) in [5, 5.41) is 9.50. The van der Waals surface area contributed by atoms with Crippen LogP contribution in [0.3, 0.4) is 0 Å². The molecule has 4 nitrogen and oxygen atoms in total. The molecule has 2 heterocycles. The first-order chi connectivity index (χ1) is 8.16. The Bertz CT molecular complexity index is 497. The van der Waals surface area contributed by atoms with Crippen molar-refractivity contribution in [3.05, 3.63) is 53.4 Å². The Hall–Kier alpha value is -1.81. The van der Waals surface area contributed by atoms with Gasteiger partial charge in [-0.25, -0.2) is 9.97 Å². The number of aliphatic hydroxyl groups excluding tert-OH is 1. The predicted octanol–water partition coefficient (Wildman–Crippen LogP) is 1.82. The van der Waals surface area contributed by atoms with Crippen molar-refractivity contribution < 1.29 is 5.11 Å². The Morgan fingerprint density at radius 3 is 2.76 bits per heavy atom. The fourth-order valence-electron chi connectivity index (χ4n) is 1.71. The van der Waals surface area contributed by atoms with E-state index in [-0.39, 0.29) is 0 Å². The molecule has 0 saturated carbocycles. The van der Waals surface area contributed by atoms with Crippen LogP contribution >= 0.6 is 0 Å². The molecule has 4 heteroatoms. The average Bonchev–Trinajstić information content (AvgIpc) is 2.30. The third-order valence-corrected chi connectivity index (χ3v) is 2.60. The lowest BCUT2D eigenvalue weighted by atomic mass is 10.1. The van der Waals surface area contributed by atoms with Crippen LogP contribution in [0.15, 0.2) is 30.7 Å². The highest BCUT2D eigenvalue weighted by molar-refractivity contribution is 5.21. The average molecular weight is 229 g/mol. The van der Waals surface area contributed by atoms with E-state index in [4.69, 9.17) is 0 Å². The molecule has 0 aliphatic heterocycles. The van der Waals surface area contributed by atoms with Crippen LogP contribution in [0.4, 0.5) is 0 Å². The second-order valence-electron chi connectivity index (χ2n) is 4.04. The maximum absolute atomic E-state index is 9.50. The van der Waals surface area contributed by atoms with Crippen LogP contribution in [0.2, 0.25) is 0 Å². The molecule has 0 amide bonds. The van der Waals surface area contributed by atoms with Crippen molar-refractivity contribution in [2.45, 2.75) is 26.4 Å². The monoisotopic (exact) mass is 229 g/mol. The van der Waals surface area contributed by atoms with E-state index in [9.17, 15) is 5.11 Å². The third kappa shape index (κ3) is 2.85. The summed E-state index contributed by atoms with van der Waals surface area (Å²) in [6, 6.07) is 3.89. The maximum atomic E-state index is 9.50. The van der Waals surface area contributed by atoms with E-state index in [0.717, 1.165) is 22.6 Å². The van der Waals surface area contributed by atoms with Crippen molar-refractivity contribution in [2.24, 2.45) is 0 Å². The van der Waals surface area contributed by atoms with Crippen molar-refractivity contribution in [3.8, 4) is 0 Å². The number of aliphatic hydroxyl groups is 1. The van der Waals surface area contributed by atoms with E-state index >= 15 is 0 Å². The molecule has 0 aliphatic carbocycles. The van der Waals surface area contributed by atoms with Gasteiger partial charge in [-0.15, -0.1) is 0 Å². The lowest BCUT2D eigenvalue weighted by Crippen LogP contribution is -2.04. The molecule has 0 unspecified atom stereocenters. The molecule has 0 aromatic carbocycles. The minimum absolute atomic E-state index is 0.526. The third-order valence-electron chi connectivity index (χ3n) is 2.60. The van der Waals surface area contributed by atoms with E-state index in [1.54, 1.807) is 25.5 Å². The van der Waals surface area contributed by atoms with E-state index in [1.807, 2.05) is 19.1 Å². The Labute approximate surface area is 100 Å². The van der Waals surface area contributed by atoms with Gasteiger partial charge in [0.25, 0.3) is 0 Å². The molecule has 0 aliphatic rings. The van der Waals surface area contributed by atoms with Gasteiger partial charge in [-0.2, -0.15) is 0 Å². The summed E-state index contributed by atoms with van der Waals surface area (Å²) in [5.41, 5.74) is 2.69. The number of pyridine rings is 1. The van der Waals surface area contributed by atoms with Crippen LogP contribution in [0, 0.1) is 6.92 Å². The van der Waals surface area contributed by atoms with Crippen molar-refractivity contribution in [1.82, 2.24) is 15.0 Å². The van der Waals surface area contributed by atoms with Gasteiger partial charge in [-0.05, 0) is 25.5 Å². The summed E-state index contributed by atoms with van der Waals surface area (Å²) in [4.78, 5) is 12.7. The number of aryl methyl sites for hydroxylation is 1. The molecule has 0 bridgehead atoms. The number of hydrogen-bond donors (Lipinski definition) is 1. The van der Waals surface area contributed by atoms with Crippen LogP contribution in [0.25, 0.3) is 0 Å². The molecule has 1 atom stereocenters. The van der Waals surface area contributed by atoms with Gasteiger partial charge in [0.15, 0.2) is 0 Å². The molecule has 2 rings (SSSR count). The molecule has 2 aromatic rings. The summed E-state index contributed by atoms with van der Waals surface area (Å²) in [6.07, 6.45) is 5.38. The van der Waals surface area contributed by atoms with Gasteiger partial charge in [0.05, 0.1) is 6.10 Å². The van der Waals surface area contributed by atoms with Crippen LogP contribution in [-0.2, 0) is 6.42 Å². The number of hydrogen-bond acceptors (Lipinski definition) is 4. The van der Waals surface area contributed by atoms with Gasteiger partial charge >= 0.3 is 0 Å². The topological polar surface area (TPSA) is 58.9 Å². The van der Waals surface area contributed by atoms with Crippen LogP contribution < -0.4 is 0 Å². The lowest BCUT2D eigenvalue weighted by Gasteiger charge is -2.08. The van der Waals surface area contributed by atoms with Crippen molar-refractivity contribution >= 4 is 0 Å². The first-order valence-electron chi connectivity index (χ1n) is 5.56. The van der Waals surface area contributed by atoms with Gasteiger partial charge in [0.2, 0.25) is 0 Å². The molecular formula is C13H15N3O. The Morgan fingerprint density at radius 1 is 1.35 bits per heavy atom. The normalized spacial score (nSPS) is 12.4.